The van der Waals surface area contributed by atoms with Crippen molar-refractivity contribution < 1.29 is 4.79 Å². The monoisotopic (exact) mass is 198 g/mol. The molecule has 0 spiro atoms. The molecule has 14 heavy (non-hydrogen) atoms. The van der Waals surface area contributed by atoms with E-state index in [0.29, 0.717) is 5.82 Å². The number of rotatable bonds is 4. The molecule has 7 heteroatoms. The number of aromatic amines is 1. The van der Waals surface area contributed by atoms with E-state index in [9.17, 15) is 4.79 Å². The first-order chi connectivity index (χ1) is 6.47. The molecule has 1 rings (SSSR count). The lowest BCUT2D eigenvalue weighted by atomic mass is 10.0. The molecule has 0 fully saturated rings. The molecule has 0 radical (unpaired) electrons. The predicted molar refractivity (Wildman–Crippen MR) is 48.9 cm³/mol. The summed E-state index contributed by atoms with van der Waals surface area (Å²) < 4.78 is 0. The van der Waals surface area contributed by atoms with Crippen LogP contribution in [0.25, 0.3) is 0 Å². The number of nitrogens with zero attached hydrogens (tertiary/aromatic N) is 3. The molecule has 0 aliphatic heterocycles. The Labute approximate surface area is 81.4 Å². The molecule has 0 aliphatic rings. The van der Waals surface area contributed by atoms with Crippen molar-refractivity contribution in [1.29, 1.82) is 0 Å². The van der Waals surface area contributed by atoms with Crippen LogP contribution in [-0.2, 0) is 11.3 Å². The number of hydrogen-bond donors (Lipinski definition) is 3. The molecule has 1 heterocycles. The van der Waals surface area contributed by atoms with E-state index in [2.05, 4.69) is 25.9 Å². The van der Waals surface area contributed by atoms with Gasteiger partial charge in [0.25, 0.3) is 0 Å². The van der Waals surface area contributed by atoms with Crippen LogP contribution in [0.1, 0.15) is 26.1 Å². The number of nitrogens with two attached hydrogens (primary N) is 1. The highest BCUT2D eigenvalue weighted by molar-refractivity contribution is 5.76. The first-order valence-corrected chi connectivity index (χ1v) is 4.25. The maximum Gasteiger partial charge on any atom is 0.222 e. The zero-order valence-electron chi connectivity index (χ0n) is 8.24. The van der Waals surface area contributed by atoms with Crippen LogP contribution in [0.5, 0.6) is 0 Å². The van der Waals surface area contributed by atoms with Crippen molar-refractivity contribution in [3.8, 4) is 0 Å². The molecule has 0 saturated heterocycles. The topological polar surface area (TPSA) is 110 Å². The molecule has 0 aromatic carbocycles. The number of carbonyl (C=O) groups excluding carboxylic acids is 1. The summed E-state index contributed by atoms with van der Waals surface area (Å²) >= 11 is 0. The fourth-order valence-corrected chi connectivity index (χ4v) is 0.911. The van der Waals surface area contributed by atoms with E-state index in [1.807, 2.05) is 0 Å². The molecule has 78 valence electrons. The molecule has 0 saturated carbocycles. The van der Waals surface area contributed by atoms with Crippen LogP contribution in [0.3, 0.4) is 0 Å². The number of H-pyrrole nitrogens is 1. The van der Waals surface area contributed by atoms with Crippen LogP contribution in [0, 0.1) is 0 Å². The second-order valence-corrected chi connectivity index (χ2v) is 3.77. The number of hydrogen-bond acceptors (Lipinski definition) is 5. The largest absolute Gasteiger partial charge is 0.349 e. The smallest absolute Gasteiger partial charge is 0.222 e. The third-order valence-corrected chi connectivity index (χ3v) is 1.45. The van der Waals surface area contributed by atoms with E-state index in [1.165, 1.54) is 0 Å². The van der Waals surface area contributed by atoms with Crippen molar-refractivity contribution in [2.75, 3.05) is 0 Å². The summed E-state index contributed by atoms with van der Waals surface area (Å²) in [4.78, 5) is 11.3. The van der Waals surface area contributed by atoms with Gasteiger partial charge in [-0.2, -0.15) is 5.21 Å². The summed E-state index contributed by atoms with van der Waals surface area (Å²) in [6, 6.07) is 0. The summed E-state index contributed by atoms with van der Waals surface area (Å²) in [5.41, 5.74) is 5.18. The lowest BCUT2D eigenvalue weighted by Gasteiger charge is -2.16. The highest BCUT2D eigenvalue weighted by Gasteiger charge is 2.16. The average Bonchev–Trinajstić information content (AvgIpc) is 2.49. The van der Waals surface area contributed by atoms with Crippen LogP contribution in [0.15, 0.2) is 0 Å². The van der Waals surface area contributed by atoms with E-state index in [1.54, 1.807) is 13.8 Å². The van der Waals surface area contributed by atoms with E-state index >= 15 is 0 Å². The Morgan fingerprint density at radius 2 is 2.36 bits per heavy atom. The van der Waals surface area contributed by atoms with Gasteiger partial charge in [-0.25, -0.2) is 0 Å². The SMILES string of the molecule is CC(C)(N)CC(=O)NCc1nn[nH]n1. The number of amides is 1. The van der Waals surface area contributed by atoms with E-state index < -0.39 is 5.54 Å². The molecule has 0 atom stereocenters. The van der Waals surface area contributed by atoms with Crippen molar-refractivity contribution in [2.45, 2.75) is 32.4 Å². The number of aromatic nitrogens is 4. The van der Waals surface area contributed by atoms with Gasteiger partial charge in [-0.15, -0.1) is 10.2 Å². The Hall–Kier alpha value is -1.50. The standard InChI is InChI=1S/C7H14N6O/c1-7(2,8)3-6(14)9-4-5-10-12-13-11-5/h3-4,8H2,1-2H3,(H,9,14)(H,10,11,12,13). The Morgan fingerprint density at radius 1 is 1.64 bits per heavy atom. The van der Waals surface area contributed by atoms with Gasteiger partial charge in [0.05, 0.1) is 6.54 Å². The zero-order chi connectivity index (χ0) is 10.6. The molecule has 4 N–H and O–H groups in total. The molecule has 0 aliphatic carbocycles. The van der Waals surface area contributed by atoms with Gasteiger partial charge in [0.1, 0.15) is 0 Å². The van der Waals surface area contributed by atoms with Crippen LogP contribution < -0.4 is 11.1 Å². The highest BCUT2D eigenvalue weighted by atomic mass is 16.1. The lowest BCUT2D eigenvalue weighted by Crippen LogP contribution is -2.38. The third-order valence-electron chi connectivity index (χ3n) is 1.45. The molecule has 0 unspecified atom stereocenters. The third kappa shape index (κ3) is 3.94. The average molecular weight is 198 g/mol. The van der Waals surface area contributed by atoms with Gasteiger partial charge in [0.2, 0.25) is 5.91 Å². The van der Waals surface area contributed by atoms with Gasteiger partial charge >= 0.3 is 0 Å². The second kappa shape index (κ2) is 4.14. The Bertz CT molecular complexity index is 288. The summed E-state index contributed by atoms with van der Waals surface area (Å²) in [5, 5.41) is 15.7. The van der Waals surface area contributed by atoms with Gasteiger partial charge in [0.15, 0.2) is 5.82 Å². The van der Waals surface area contributed by atoms with Crippen molar-refractivity contribution in [3.63, 3.8) is 0 Å². The maximum atomic E-state index is 11.3. The number of nitrogens with one attached hydrogen (secondary N) is 2. The molecule has 7 nitrogen and oxygen atoms in total. The van der Waals surface area contributed by atoms with Gasteiger partial charge in [-0.1, -0.05) is 5.21 Å². The minimum Gasteiger partial charge on any atom is -0.349 e. The molecule has 1 aromatic rings. The van der Waals surface area contributed by atoms with Gasteiger partial charge in [-0.05, 0) is 13.8 Å². The zero-order valence-corrected chi connectivity index (χ0v) is 8.24. The molecule has 0 bridgehead atoms. The maximum absolute atomic E-state index is 11.3. The molecular formula is C7H14N6O. The Kier molecular flexibility index (Phi) is 3.13. The first-order valence-electron chi connectivity index (χ1n) is 4.25. The van der Waals surface area contributed by atoms with Crippen molar-refractivity contribution in [3.05, 3.63) is 5.82 Å². The van der Waals surface area contributed by atoms with Gasteiger partial charge in [-0.3, -0.25) is 4.79 Å². The lowest BCUT2D eigenvalue weighted by molar-refractivity contribution is -0.122. The number of tetrazole rings is 1. The van der Waals surface area contributed by atoms with Crippen LogP contribution in [0.2, 0.25) is 0 Å². The Morgan fingerprint density at radius 3 is 2.86 bits per heavy atom. The summed E-state index contributed by atoms with van der Waals surface area (Å²) in [7, 11) is 0. The van der Waals surface area contributed by atoms with E-state index in [-0.39, 0.29) is 18.9 Å². The van der Waals surface area contributed by atoms with Crippen LogP contribution in [0.4, 0.5) is 0 Å². The minimum absolute atomic E-state index is 0.123. The van der Waals surface area contributed by atoms with Gasteiger partial charge < -0.3 is 11.1 Å². The van der Waals surface area contributed by atoms with E-state index in [0.717, 1.165) is 0 Å². The second-order valence-electron chi connectivity index (χ2n) is 3.77. The van der Waals surface area contributed by atoms with Gasteiger partial charge in [0, 0.05) is 12.0 Å². The fraction of sp³-hybridized carbons (Fsp3) is 0.714. The number of carbonyl (C=O) groups is 1. The molecular weight excluding hydrogens is 184 g/mol. The highest BCUT2D eigenvalue weighted by Crippen LogP contribution is 2.02. The summed E-state index contributed by atoms with van der Waals surface area (Å²) in [6.07, 6.45) is 0.269. The van der Waals surface area contributed by atoms with Crippen LogP contribution in [-0.4, -0.2) is 32.1 Å². The van der Waals surface area contributed by atoms with Crippen molar-refractivity contribution >= 4 is 5.91 Å². The first kappa shape index (κ1) is 10.6. The van der Waals surface area contributed by atoms with Crippen LogP contribution >= 0.6 is 0 Å². The summed E-state index contributed by atoms with van der Waals surface area (Å²) in [5.74, 6) is 0.329. The normalized spacial score (nSPS) is 11.4. The minimum atomic E-state index is -0.499. The quantitative estimate of drug-likeness (QED) is 0.571. The van der Waals surface area contributed by atoms with Crippen molar-refractivity contribution in [1.82, 2.24) is 25.9 Å². The summed E-state index contributed by atoms with van der Waals surface area (Å²) in [6.45, 7) is 3.85. The fourth-order valence-electron chi connectivity index (χ4n) is 0.911. The molecule has 1 amide bonds. The predicted octanol–water partition coefficient (Wildman–Crippen LogP) is -1.06. The Balaban J connectivity index is 2.29. The van der Waals surface area contributed by atoms with Crippen molar-refractivity contribution in [2.24, 2.45) is 5.73 Å². The van der Waals surface area contributed by atoms with E-state index in [4.69, 9.17) is 5.73 Å². The molecule has 1 aromatic heterocycles.